The van der Waals surface area contributed by atoms with Gasteiger partial charge < -0.3 is 15.0 Å². The Balaban J connectivity index is 1.81. The molecule has 18 heavy (non-hydrogen) atoms. The van der Waals surface area contributed by atoms with E-state index in [-0.39, 0.29) is 0 Å². The van der Waals surface area contributed by atoms with Crippen LogP contribution in [-0.2, 0) is 4.74 Å². The van der Waals surface area contributed by atoms with Gasteiger partial charge in [-0.15, -0.1) is 0 Å². The van der Waals surface area contributed by atoms with Crippen LogP contribution in [0.5, 0.6) is 0 Å². The Morgan fingerprint density at radius 2 is 1.78 bits per heavy atom. The molecule has 0 amide bonds. The van der Waals surface area contributed by atoms with Gasteiger partial charge in [-0.3, -0.25) is 4.90 Å². The molecule has 0 aromatic rings. The highest BCUT2D eigenvalue weighted by Gasteiger charge is 2.12. The summed E-state index contributed by atoms with van der Waals surface area (Å²) in [5.74, 6) is 0.746. The summed E-state index contributed by atoms with van der Waals surface area (Å²) in [4.78, 5) is 4.93. The Morgan fingerprint density at radius 1 is 1.06 bits per heavy atom. The number of nitrogens with zero attached hydrogens (tertiary/aromatic N) is 2. The van der Waals surface area contributed by atoms with Crippen molar-refractivity contribution < 1.29 is 4.74 Å². The van der Waals surface area contributed by atoms with Crippen LogP contribution in [0.25, 0.3) is 0 Å². The Labute approximate surface area is 113 Å². The number of piperazine rings is 1. The first kappa shape index (κ1) is 15.9. The highest BCUT2D eigenvalue weighted by molar-refractivity contribution is 4.69. The van der Waals surface area contributed by atoms with Crippen LogP contribution in [0, 0.1) is 5.92 Å². The van der Waals surface area contributed by atoms with Crippen molar-refractivity contribution in [2.75, 3.05) is 66.1 Å². The number of likely N-dealkylation sites (N-methyl/N-ethyl adjacent to an activating group) is 1. The van der Waals surface area contributed by atoms with Crippen LogP contribution >= 0.6 is 0 Å². The molecule has 0 radical (unpaired) electrons. The van der Waals surface area contributed by atoms with Crippen molar-refractivity contribution in [2.24, 2.45) is 5.92 Å². The Morgan fingerprint density at radius 3 is 2.44 bits per heavy atom. The number of ether oxygens (including phenoxy) is 1. The first-order chi connectivity index (χ1) is 8.68. The van der Waals surface area contributed by atoms with Crippen LogP contribution < -0.4 is 5.32 Å². The quantitative estimate of drug-likeness (QED) is 0.621. The monoisotopic (exact) mass is 257 g/mol. The van der Waals surface area contributed by atoms with Crippen molar-refractivity contribution in [3.63, 3.8) is 0 Å². The number of rotatable bonds is 9. The summed E-state index contributed by atoms with van der Waals surface area (Å²) >= 11 is 0. The van der Waals surface area contributed by atoms with Gasteiger partial charge in [0.05, 0.1) is 6.61 Å². The molecule has 0 aliphatic carbocycles. The zero-order valence-electron chi connectivity index (χ0n) is 12.5. The lowest BCUT2D eigenvalue weighted by molar-refractivity contribution is 0.122. The molecule has 1 N–H and O–H groups in total. The second kappa shape index (κ2) is 9.73. The predicted molar refractivity (Wildman–Crippen MR) is 77.1 cm³/mol. The Bertz CT molecular complexity index is 191. The molecule has 0 aromatic carbocycles. The van der Waals surface area contributed by atoms with Crippen LogP contribution in [-0.4, -0.2) is 75.9 Å². The van der Waals surface area contributed by atoms with Crippen molar-refractivity contribution in [3.8, 4) is 0 Å². The summed E-state index contributed by atoms with van der Waals surface area (Å²) in [6.45, 7) is 14.3. The van der Waals surface area contributed by atoms with E-state index in [1.807, 2.05) is 0 Å². The van der Waals surface area contributed by atoms with Crippen LogP contribution in [0.4, 0.5) is 0 Å². The normalized spacial score (nSPS) is 18.7. The molecule has 0 saturated carbocycles. The van der Waals surface area contributed by atoms with Gasteiger partial charge in [0, 0.05) is 52.4 Å². The van der Waals surface area contributed by atoms with Gasteiger partial charge in [-0.05, 0) is 19.4 Å². The van der Waals surface area contributed by atoms with E-state index in [1.54, 1.807) is 0 Å². The molecule has 0 aromatic heterocycles. The summed E-state index contributed by atoms with van der Waals surface area (Å²) in [6, 6.07) is 0. The first-order valence-corrected chi connectivity index (χ1v) is 7.38. The molecule has 108 valence electrons. The molecule has 0 atom stereocenters. The molecule has 4 nitrogen and oxygen atoms in total. The number of hydrogen-bond donors (Lipinski definition) is 1. The van der Waals surface area contributed by atoms with Gasteiger partial charge in [-0.25, -0.2) is 0 Å². The second-order valence-electron chi connectivity index (χ2n) is 5.69. The molecule has 0 unspecified atom stereocenters. The van der Waals surface area contributed by atoms with Gasteiger partial charge >= 0.3 is 0 Å². The molecule has 4 heteroatoms. The Hall–Kier alpha value is -0.160. The summed E-state index contributed by atoms with van der Waals surface area (Å²) in [5, 5.41) is 3.45. The van der Waals surface area contributed by atoms with E-state index in [0.29, 0.717) is 0 Å². The van der Waals surface area contributed by atoms with E-state index >= 15 is 0 Å². The van der Waals surface area contributed by atoms with Gasteiger partial charge in [-0.2, -0.15) is 0 Å². The van der Waals surface area contributed by atoms with E-state index in [1.165, 1.54) is 39.1 Å². The fourth-order valence-electron chi connectivity index (χ4n) is 2.00. The molecule has 0 bridgehead atoms. The van der Waals surface area contributed by atoms with Crippen LogP contribution in [0.2, 0.25) is 0 Å². The molecule has 1 rings (SSSR count). The molecule has 1 saturated heterocycles. The van der Waals surface area contributed by atoms with Gasteiger partial charge in [-0.1, -0.05) is 13.8 Å². The fourth-order valence-corrected chi connectivity index (χ4v) is 2.00. The first-order valence-electron chi connectivity index (χ1n) is 7.38. The Kier molecular flexibility index (Phi) is 8.59. The van der Waals surface area contributed by atoms with Gasteiger partial charge in [0.2, 0.25) is 0 Å². The van der Waals surface area contributed by atoms with Crippen LogP contribution in [0.1, 0.15) is 20.3 Å². The zero-order chi connectivity index (χ0) is 13.2. The third-order valence-electron chi connectivity index (χ3n) is 3.46. The van der Waals surface area contributed by atoms with Gasteiger partial charge in [0.25, 0.3) is 0 Å². The number of nitrogens with one attached hydrogen (secondary N) is 1. The maximum absolute atomic E-state index is 5.57. The molecule has 1 fully saturated rings. The molecular weight excluding hydrogens is 226 g/mol. The lowest BCUT2D eigenvalue weighted by Crippen LogP contribution is -2.46. The van der Waals surface area contributed by atoms with E-state index in [4.69, 9.17) is 4.74 Å². The highest BCUT2D eigenvalue weighted by atomic mass is 16.5. The molecule has 1 aliphatic rings. The zero-order valence-corrected chi connectivity index (χ0v) is 12.5. The van der Waals surface area contributed by atoms with Crippen molar-refractivity contribution in [1.29, 1.82) is 0 Å². The third kappa shape index (κ3) is 8.03. The topological polar surface area (TPSA) is 27.7 Å². The summed E-state index contributed by atoms with van der Waals surface area (Å²) in [6.07, 6.45) is 1.17. The molecular formula is C14H31N3O. The molecule has 0 spiro atoms. The summed E-state index contributed by atoms with van der Waals surface area (Å²) in [7, 11) is 2.20. The summed E-state index contributed by atoms with van der Waals surface area (Å²) in [5.41, 5.74) is 0. The van der Waals surface area contributed by atoms with E-state index in [9.17, 15) is 0 Å². The van der Waals surface area contributed by atoms with Gasteiger partial charge in [0.15, 0.2) is 0 Å². The molecule has 1 heterocycles. The molecule has 1 aliphatic heterocycles. The smallest absolute Gasteiger partial charge is 0.0590 e. The number of hydrogen-bond acceptors (Lipinski definition) is 4. The highest BCUT2D eigenvalue weighted by Crippen LogP contribution is 1.98. The average molecular weight is 257 g/mol. The largest absolute Gasteiger partial charge is 0.380 e. The van der Waals surface area contributed by atoms with E-state index < -0.39 is 0 Å². The maximum atomic E-state index is 5.57. The standard InChI is InChI=1S/C14H31N3O/c1-14(2)4-12-18-13-6-15-5-7-17-10-8-16(3)9-11-17/h14-15H,4-13H2,1-3H3. The predicted octanol–water partition coefficient (Wildman–Crippen LogP) is 0.886. The van der Waals surface area contributed by atoms with Crippen molar-refractivity contribution >= 4 is 0 Å². The van der Waals surface area contributed by atoms with E-state index in [2.05, 4.69) is 36.0 Å². The minimum atomic E-state index is 0.746. The second-order valence-corrected chi connectivity index (χ2v) is 5.69. The lowest BCUT2D eigenvalue weighted by atomic mass is 10.1. The SMILES string of the molecule is CC(C)CCOCCNCCN1CCN(C)CC1. The van der Waals surface area contributed by atoms with Crippen molar-refractivity contribution in [3.05, 3.63) is 0 Å². The fraction of sp³-hybridized carbons (Fsp3) is 1.00. The van der Waals surface area contributed by atoms with Crippen LogP contribution in [0.15, 0.2) is 0 Å². The minimum absolute atomic E-state index is 0.746. The van der Waals surface area contributed by atoms with Crippen LogP contribution in [0.3, 0.4) is 0 Å². The van der Waals surface area contributed by atoms with Gasteiger partial charge in [0.1, 0.15) is 0 Å². The average Bonchev–Trinajstić information content (AvgIpc) is 2.34. The van der Waals surface area contributed by atoms with Crippen molar-refractivity contribution in [1.82, 2.24) is 15.1 Å². The summed E-state index contributed by atoms with van der Waals surface area (Å²) < 4.78 is 5.57. The lowest BCUT2D eigenvalue weighted by Gasteiger charge is -2.32. The third-order valence-corrected chi connectivity index (χ3v) is 3.46. The van der Waals surface area contributed by atoms with E-state index in [0.717, 1.165) is 32.2 Å². The minimum Gasteiger partial charge on any atom is -0.380 e. The maximum Gasteiger partial charge on any atom is 0.0590 e. The van der Waals surface area contributed by atoms with Crippen molar-refractivity contribution in [2.45, 2.75) is 20.3 Å².